The van der Waals surface area contributed by atoms with Gasteiger partial charge in [-0.15, -0.1) is 11.3 Å². The Balaban J connectivity index is 2.18. The number of benzene rings is 1. The average Bonchev–Trinajstić information content (AvgIpc) is 3.07. The second kappa shape index (κ2) is 5.58. The van der Waals surface area contributed by atoms with Crippen LogP contribution in [0.5, 0.6) is 0 Å². The summed E-state index contributed by atoms with van der Waals surface area (Å²) in [5, 5.41) is 6.60. The fraction of sp³-hybridized carbons (Fsp3) is 0.125. The van der Waals surface area contributed by atoms with Crippen LogP contribution in [0.3, 0.4) is 0 Å². The summed E-state index contributed by atoms with van der Waals surface area (Å²) in [7, 11) is 0. The number of carbonyl (C=O) groups excluding carboxylic acids is 1. The SMILES string of the molecule is Cc1ccc(C)c(-n2cc(C=O)c(-c3sccc3Br)n2)c1. The average molecular weight is 361 g/mol. The van der Waals surface area contributed by atoms with Crippen molar-refractivity contribution in [3.8, 4) is 16.3 Å². The minimum Gasteiger partial charge on any atom is -0.298 e. The number of aldehydes is 1. The van der Waals surface area contributed by atoms with E-state index in [1.54, 1.807) is 22.2 Å². The van der Waals surface area contributed by atoms with Crippen LogP contribution in [0.4, 0.5) is 0 Å². The molecule has 0 N–H and O–H groups in total. The Labute approximate surface area is 135 Å². The van der Waals surface area contributed by atoms with Crippen molar-refractivity contribution < 1.29 is 4.79 Å². The highest BCUT2D eigenvalue weighted by molar-refractivity contribution is 9.10. The minimum atomic E-state index is 0.596. The second-order valence-electron chi connectivity index (χ2n) is 4.88. The van der Waals surface area contributed by atoms with Crippen molar-refractivity contribution >= 4 is 33.6 Å². The molecule has 3 aromatic rings. The minimum absolute atomic E-state index is 0.596. The van der Waals surface area contributed by atoms with Crippen LogP contribution >= 0.6 is 27.3 Å². The summed E-state index contributed by atoms with van der Waals surface area (Å²) in [6, 6.07) is 8.17. The van der Waals surface area contributed by atoms with E-state index in [0.29, 0.717) is 11.3 Å². The normalized spacial score (nSPS) is 10.8. The van der Waals surface area contributed by atoms with Gasteiger partial charge in [0.05, 0.1) is 16.1 Å². The molecular weight excluding hydrogens is 348 g/mol. The second-order valence-corrected chi connectivity index (χ2v) is 6.65. The predicted molar refractivity (Wildman–Crippen MR) is 89.4 cm³/mol. The first-order valence-corrected chi connectivity index (χ1v) is 8.13. The third-order valence-corrected chi connectivity index (χ3v) is 5.16. The van der Waals surface area contributed by atoms with E-state index >= 15 is 0 Å². The third kappa shape index (κ3) is 2.59. The highest BCUT2D eigenvalue weighted by Crippen LogP contribution is 2.34. The van der Waals surface area contributed by atoms with Crippen LogP contribution in [-0.4, -0.2) is 16.1 Å². The fourth-order valence-electron chi connectivity index (χ4n) is 2.20. The van der Waals surface area contributed by atoms with Crippen molar-refractivity contribution in [1.82, 2.24) is 9.78 Å². The number of aryl methyl sites for hydroxylation is 2. The lowest BCUT2D eigenvalue weighted by Gasteiger charge is -2.06. The largest absolute Gasteiger partial charge is 0.298 e. The summed E-state index contributed by atoms with van der Waals surface area (Å²) in [5.41, 5.74) is 4.60. The lowest BCUT2D eigenvalue weighted by atomic mass is 10.1. The molecule has 21 heavy (non-hydrogen) atoms. The Morgan fingerprint density at radius 1 is 1.29 bits per heavy atom. The fourth-order valence-corrected chi connectivity index (χ4v) is 3.77. The molecule has 0 amide bonds. The van der Waals surface area contributed by atoms with Crippen LogP contribution in [0, 0.1) is 13.8 Å². The molecule has 0 saturated carbocycles. The number of halogens is 1. The van der Waals surface area contributed by atoms with Crippen molar-refractivity contribution in [2.24, 2.45) is 0 Å². The lowest BCUT2D eigenvalue weighted by Crippen LogP contribution is -1.98. The Hall–Kier alpha value is -1.72. The maximum absolute atomic E-state index is 11.4. The highest BCUT2D eigenvalue weighted by Gasteiger charge is 2.16. The molecule has 0 spiro atoms. The standard InChI is InChI=1S/C16H13BrN2OS/c1-10-3-4-11(2)14(7-10)19-8-12(9-20)15(18-19)16-13(17)5-6-21-16/h3-9H,1-2H3. The molecule has 0 radical (unpaired) electrons. The van der Waals surface area contributed by atoms with Gasteiger partial charge in [0.15, 0.2) is 6.29 Å². The van der Waals surface area contributed by atoms with E-state index in [0.717, 1.165) is 32.5 Å². The van der Waals surface area contributed by atoms with Gasteiger partial charge >= 0.3 is 0 Å². The molecule has 2 heterocycles. The van der Waals surface area contributed by atoms with Crippen LogP contribution in [-0.2, 0) is 0 Å². The van der Waals surface area contributed by atoms with Crippen molar-refractivity contribution in [3.63, 3.8) is 0 Å². The molecule has 0 saturated heterocycles. The van der Waals surface area contributed by atoms with Gasteiger partial charge in [0.1, 0.15) is 5.69 Å². The van der Waals surface area contributed by atoms with Gasteiger partial charge in [-0.2, -0.15) is 5.10 Å². The monoisotopic (exact) mass is 360 g/mol. The van der Waals surface area contributed by atoms with Gasteiger partial charge in [0, 0.05) is 10.7 Å². The van der Waals surface area contributed by atoms with Crippen molar-refractivity contribution in [2.45, 2.75) is 13.8 Å². The maximum Gasteiger partial charge on any atom is 0.153 e. The summed E-state index contributed by atoms with van der Waals surface area (Å²) in [4.78, 5) is 12.3. The molecule has 1 aromatic carbocycles. The van der Waals surface area contributed by atoms with E-state index in [4.69, 9.17) is 0 Å². The molecule has 0 aliphatic heterocycles. The van der Waals surface area contributed by atoms with E-state index < -0.39 is 0 Å². The number of thiophene rings is 1. The quantitative estimate of drug-likeness (QED) is 0.629. The van der Waals surface area contributed by atoms with Crippen LogP contribution < -0.4 is 0 Å². The summed E-state index contributed by atoms with van der Waals surface area (Å²) in [5.74, 6) is 0. The summed E-state index contributed by atoms with van der Waals surface area (Å²) in [6.07, 6.45) is 2.65. The molecule has 0 unspecified atom stereocenters. The zero-order chi connectivity index (χ0) is 15.0. The van der Waals surface area contributed by atoms with E-state index in [-0.39, 0.29) is 0 Å². The van der Waals surface area contributed by atoms with Crippen LogP contribution in [0.1, 0.15) is 21.5 Å². The Morgan fingerprint density at radius 2 is 2.10 bits per heavy atom. The topological polar surface area (TPSA) is 34.9 Å². The number of rotatable bonds is 3. The van der Waals surface area contributed by atoms with Gasteiger partial charge < -0.3 is 0 Å². The molecule has 106 valence electrons. The van der Waals surface area contributed by atoms with Gasteiger partial charge in [0.2, 0.25) is 0 Å². The van der Waals surface area contributed by atoms with E-state index in [9.17, 15) is 4.79 Å². The molecule has 0 fully saturated rings. The van der Waals surface area contributed by atoms with E-state index in [1.807, 2.05) is 25.3 Å². The first-order chi connectivity index (χ1) is 10.1. The predicted octanol–water partition coefficient (Wildman–Crippen LogP) is 4.79. The summed E-state index contributed by atoms with van der Waals surface area (Å²) >= 11 is 5.07. The molecule has 0 atom stereocenters. The number of carbonyl (C=O) groups is 1. The first kappa shape index (κ1) is 14.2. The molecule has 0 aliphatic rings. The van der Waals surface area contributed by atoms with Gasteiger partial charge in [0.25, 0.3) is 0 Å². The first-order valence-electron chi connectivity index (χ1n) is 6.46. The molecule has 0 aliphatic carbocycles. The van der Waals surface area contributed by atoms with Gasteiger partial charge in [-0.05, 0) is 58.4 Å². The zero-order valence-electron chi connectivity index (χ0n) is 11.6. The lowest BCUT2D eigenvalue weighted by molar-refractivity contribution is 0.112. The van der Waals surface area contributed by atoms with Crippen LogP contribution in [0.25, 0.3) is 16.3 Å². The molecular formula is C16H13BrN2OS. The van der Waals surface area contributed by atoms with Crippen molar-refractivity contribution in [3.05, 3.63) is 57.0 Å². The van der Waals surface area contributed by atoms with Gasteiger partial charge in [-0.1, -0.05) is 12.1 Å². The smallest absolute Gasteiger partial charge is 0.153 e. The maximum atomic E-state index is 11.4. The highest BCUT2D eigenvalue weighted by atomic mass is 79.9. The Bertz CT molecular complexity index is 820. The summed E-state index contributed by atoms with van der Waals surface area (Å²) < 4.78 is 2.75. The Morgan fingerprint density at radius 3 is 2.76 bits per heavy atom. The van der Waals surface area contributed by atoms with E-state index in [2.05, 4.69) is 39.2 Å². The van der Waals surface area contributed by atoms with Gasteiger partial charge in [-0.3, -0.25) is 4.79 Å². The molecule has 3 nitrogen and oxygen atoms in total. The third-order valence-electron chi connectivity index (χ3n) is 3.31. The number of hydrogen-bond acceptors (Lipinski definition) is 3. The summed E-state index contributed by atoms with van der Waals surface area (Å²) in [6.45, 7) is 4.08. The van der Waals surface area contributed by atoms with Crippen molar-refractivity contribution in [2.75, 3.05) is 0 Å². The Kier molecular flexibility index (Phi) is 3.78. The molecule has 2 aromatic heterocycles. The van der Waals surface area contributed by atoms with Crippen molar-refractivity contribution in [1.29, 1.82) is 0 Å². The number of hydrogen-bond donors (Lipinski definition) is 0. The number of aromatic nitrogens is 2. The number of nitrogens with zero attached hydrogens (tertiary/aromatic N) is 2. The molecule has 5 heteroatoms. The van der Waals surface area contributed by atoms with Crippen LogP contribution in [0.2, 0.25) is 0 Å². The molecule has 3 rings (SSSR count). The zero-order valence-corrected chi connectivity index (χ0v) is 14.0. The van der Waals surface area contributed by atoms with Crippen LogP contribution in [0.15, 0.2) is 40.3 Å². The molecule has 0 bridgehead atoms. The van der Waals surface area contributed by atoms with E-state index in [1.165, 1.54) is 0 Å². The van der Waals surface area contributed by atoms with Gasteiger partial charge in [-0.25, -0.2) is 4.68 Å².